The second-order valence-electron chi connectivity index (χ2n) is 7.25. The predicted octanol–water partition coefficient (Wildman–Crippen LogP) is 7.01. The van der Waals surface area contributed by atoms with Crippen LogP contribution in [0.3, 0.4) is 0 Å². The zero-order valence-electron chi connectivity index (χ0n) is 17.5. The quantitative estimate of drug-likeness (QED) is 0.268. The van der Waals surface area contributed by atoms with E-state index >= 15 is 0 Å². The number of aromatic nitrogens is 3. The molecule has 0 fully saturated rings. The summed E-state index contributed by atoms with van der Waals surface area (Å²) in [5.74, 6) is 0.985. The van der Waals surface area contributed by atoms with Crippen molar-refractivity contribution >= 4 is 52.5 Å². The number of rotatable bonds is 7. The first-order valence-corrected chi connectivity index (χ1v) is 12.2. The Bertz CT molecular complexity index is 1280. The summed E-state index contributed by atoms with van der Waals surface area (Å²) < 4.78 is 1.86. The van der Waals surface area contributed by atoms with Crippen LogP contribution in [-0.2, 0) is 5.75 Å². The number of amides is 1. The first-order valence-electron chi connectivity index (χ1n) is 10.1. The van der Waals surface area contributed by atoms with E-state index in [-0.39, 0.29) is 5.91 Å². The van der Waals surface area contributed by atoms with Crippen molar-refractivity contribution in [3.8, 4) is 5.69 Å². The highest BCUT2D eigenvalue weighted by Gasteiger charge is 2.23. The average Bonchev–Trinajstić information content (AvgIpc) is 3.22. The fourth-order valence-electron chi connectivity index (χ4n) is 3.24. The summed E-state index contributed by atoms with van der Waals surface area (Å²) in [4.78, 5) is 12.8. The van der Waals surface area contributed by atoms with Crippen LogP contribution in [0.4, 0.5) is 0 Å². The number of nitrogens with zero attached hydrogens (tertiary/aromatic N) is 3. The lowest BCUT2D eigenvalue weighted by molar-refractivity contribution is 0.0938. The van der Waals surface area contributed by atoms with Crippen molar-refractivity contribution in [2.75, 3.05) is 0 Å². The molecule has 5 nitrogen and oxygen atoms in total. The van der Waals surface area contributed by atoms with Crippen LogP contribution in [0.2, 0.25) is 15.1 Å². The third-order valence-electron chi connectivity index (χ3n) is 4.84. The molecule has 1 amide bonds. The van der Waals surface area contributed by atoms with Gasteiger partial charge in [-0.25, -0.2) is 0 Å². The van der Waals surface area contributed by atoms with Gasteiger partial charge >= 0.3 is 0 Å². The number of carbonyl (C=O) groups excluding carboxylic acids is 1. The summed E-state index contributed by atoms with van der Waals surface area (Å²) in [7, 11) is 0. The van der Waals surface area contributed by atoms with E-state index in [1.807, 2.05) is 35.8 Å². The molecule has 3 aromatic carbocycles. The predicted molar refractivity (Wildman–Crippen MR) is 135 cm³/mol. The Hall–Kier alpha value is -2.51. The van der Waals surface area contributed by atoms with Gasteiger partial charge < -0.3 is 5.32 Å². The largest absolute Gasteiger partial charge is 0.342 e. The van der Waals surface area contributed by atoms with Gasteiger partial charge in [-0.1, -0.05) is 83.0 Å². The molecule has 0 saturated heterocycles. The summed E-state index contributed by atoms with van der Waals surface area (Å²) >= 11 is 20.2. The molecule has 4 rings (SSSR count). The van der Waals surface area contributed by atoms with Gasteiger partial charge in [0.25, 0.3) is 5.91 Å². The van der Waals surface area contributed by atoms with Gasteiger partial charge in [0.1, 0.15) is 0 Å². The van der Waals surface area contributed by atoms with Crippen LogP contribution in [0.25, 0.3) is 5.69 Å². The molecule has 1 aromatic heterocycles. The zero-order valence-corrected chi connectivity index (χ0v) is 20.6. The van der Waals surface area contributed by atoms with Crippen molar-refractivity contribution in [2.45, 2.75) is 23.9 Å². The molecule has 0 radical (unpaired) electrons. The van der Waals surface area contributed by atoms with Crippen LogP contribution in [0.1, 0.15) is 34.7 Å². The van der Waals surface area contributed by atoms with Crippen molar-refractivity contribution in [1.29, 1.82) is 0 Å². The van der Waals surface area contributed by atoms with E-state index in [9.17, 15) is 4.79 Å². The highest BCUT2D eigenvalue weighted by molar-refractivity contribution is 7.98. The monoisotopic (exact) mass is 516 g/mol. The summed E-state index contributed by atoms with van der Waals surface area (Å²) in [6, 6.07) is 21.6. The van der Waals surface area contributed by atoms with Gasteiger partial charge in [0.05, 0.1) is 16.8 Å². The first-order chi connectivity index (χ1) is 15.9. The third kappa shape index (κ3) is 5.71. The van der Waals surface area contributed by atoms with E-state index in [2.05, 4.69) is 27.6 Å². The molecule has 1 heterocycles. The number of benzene rings is 3. The molecule has 0 aliphatic carbocycles. The second-order valence-corrected chi connectivity index (χ2v) is 9.47. The Morgan fingerprint density at radius 2 is 1.73 bits per heavy atom. The first kappa shape index (κ1) is 23.6. The Morgan fingerprint density at radius 1 is 0.970 bits per heavy atom. The highest BCUT2D eigenvalue weighted by Crippen LogP contribution is 2.32. The molecule has 33 heavy (non-hydrogen) atoms. The third-order valence-corrected chi connectivity index (χ3v) is 6.61. The van der Waals surface area contributed by atoms with E-state index in [0.717, 1.165) is 5.56 Å². The second kappa shape index (κ2) is 10.6. The maximum atomic E-state index is 12.8. The van der Waals surface area contributed by atoms with Crippen LogP contribution >= 0.6 is 46.6 Å². The summed E-state index contributed by atoms with van der Waals surface area (Å²) in [5.41, 5.74) is 2.30. The summed E-state index contributed by atoms with van der Waals surface area (Å²) in [6.45, 7) is 1.85. The molecule has 9 heteroatoms. The van der Waals surface area contributed by atoms with Crippen molar-refractivity contribution in [3.63, 3.8) is 0 Å². The minimum absolute atomic E-state index is 0.264. The van der Waals surface area contributed by atoms with E-state index < -0.39 is 6.04 Å². The topological polar surface area (TPSA) is 59.8 Å². The Labute approximate surface area is 211 Å². The number of thioether (sulfide) groups is 1. The van der Waals surface area contributed by atoms with Gasteiger partial charge in [0.15, 0.2) is 11.0 Å². The molecule has 168 valence electrons. The van der Waals surface area contributed by atoms with Crippen LogP contribution in [-0.4, -0.2) is 20.7 Å². The molecule has 0 aliphatic heterocycles. The lowest BCUT2D eigenvalue weighted by atomic mass is 10.2. The number of carbonyl (C=O) groups is 1. The van der Waals surface area contributed by atoms with E-state index in [0.29, 0.717) is 43.1 Å². The Morgan fingerprint density at radius 3 is 2.45 bits per heavy atom. The maximum Gasteiger partial charge on any atom is 0.251 e. The molecule has 0 saturated carbocycles. The fourth-order valence-corrected chi connectivity index (χ4v) is 4.83. The van der Waals surface area contributed by atoms with Gasteiger partial charge in [-0.2, -0.15) is 0 Å². The molecular weight excluding hydrogens is 499 g/mol. The minimum Gasteiger partial charge on any atom is -0.342 e. The van der Waals surface area contributed by atoms with Crippen molar-refractivity contribution < 1.29 is 4.79 Å². The molecule has 1 atom stereocenters. The standard InChI is InChI=1S/C24H19Cl3N4OS/c1-15(28-23(32)17-8-5-9-18(25)12-17)22-29-30-24(33-14-16-6-3-2-4-7-16)31(22)21-11-10-19(26)13-20(21)27/h2-13,15H,14H2,1H3,(H,28,32). The zero-order chi connectivity index (χ0) is 23.4. The van der Waals surface area contributed by atoms with Crippen molar-refractivity contribution in [3.05, 3.63) is 105 Å². The SMILES string of the molecule is CC(NC(=O)c1cccc(Cl)c1)c1nnc(SCc2ccccc2)n1-c1ccc(Cl)cc1Cl. The van der Waals surface area contributed by atoms with Crippen LogP contribution in [0.5, 0.6) is 0 Å². The number of halogens is 3. The van der Waals surface area contributed by atoms with Gasteiger partial charge in [-0.05, 0) is 48.9 Å². The lowest BCUT2D eigenvalue weighted by Crippen LogP contribution is -2.28. The lowest BCUT2D eigenvalue weighted by Gasteiger charge is -2.17. The molecule has 0 spiro atoms. The molecule has 0 aliphatic rings. The van der Waals surface area contributed by atoms with Crippen molar-refractivity contribution in [2.24, 2.45) is 0 Å². The maximum absolute atomic E-state index is 12.8. The van der Waals surface area contributed by atoms with Crippen LogP contribution in [0, 0.1) is 0 Å². The Balaban J connectivity index is 1.66. The number of nitrogens with one attached hydrogen (secondary N) is 1. The van der Waals surface area contributed by atoms with Gasteiger partial charge in [-0.15, -0.1) is 10.2 Å². The molecule has 4 aromatic rings. The average molecular weight is 518 g/mol. The van der Waals surface area contributed by atoms with E-state index in [4.69, 9.17) is 34.8 Å². The van der Waals surface area contributed by atoms with Gasteiger partial charge in [-0.3, -0.25) is 9.36 Å². The molecule has 1 unspecified atom stereocenters. The van der Waals surface area contributed by atoms with Gasteiger partial charge in [0.2, 0.25) is 0 Å². The Kier molecular flexibility index (Phi) is 7.60. The normalized spacial score (nSPS) is 11.9. The van der Waals surface area contributed by atoms with Crippen LogP contribution < -0.4 is 5.32 Å². The summed E-state index contributed by atoms with van der Waals surface area (Å²) in [5, 5.41) is 13.9. The fraction of sp³-hybridized carbons (Fsp3) is 0.125. The van der Waals surface area contributed by atoms with E-state index in [1.54, 1.807) is 36.4 Å². The highest BCUT2D eigenvalue weighted by atomic mass is 35.5. The smallest absolute Gasteiger partial charge is 0.251 e. The van der Waals surface area contributed by atoms with E-state index in [1.165, 1.54) is 11.8 Å². The molecular formula is C24H19Cl3N4OS. The number of hydrogen-bond acceptors (Lipinski definition) is 4. The van der Waals surface area contributed by atoms with Gasteiger partial charge in [0, 0.05) is 21.4 Å². The van der Waals surface area contributed by atoms with Crippen molar-refractivity contribution in [1.82, 2.24) is 20.1 Å². The molecule has 1 N–H and O–H groups in total. The van der Waals surface area contributed by atoms with Crippen LogP contribution in [0.15, 0.2) is 78.0 Å². The minimum atomic E-state index is -0.457. The number of hydrogen-bond donors (Lipinski definition) is 1. The summed E-state index contributed by atoms with van der Waals surface area (Å²) in [6.07, 6.45) is 0. The molecule has 0 bridgehead atoms.